The lowest BCUT2D eigenvalue weighted by molar-refractivity contribution is 0.132. The zero-order valence-corrected chi connectivity index (χ0v) is 10.3. The Balaban J connectivity index is 2.38. The summed E-state index contributed by atoms with van der Waals surface area (Å²) in [6, 6.07) is 2.20. The molecule has 1 aliphatic rings. The Hall–Kier alpha value is -1.43. The van der Waals surface area contributed by atoms with E-state index < -0.39 is 0 Å². The second-order valence-electron chi connectivity index (χ2n) is 5.33. The zero-order valence-electron chi connectivity index (χ0n) is 10.3. The van der Waals surface area contributed by atoms with Crippen molar-refractivity contribution in [3.8, 4) is 6.07 Å². The van der Waals surface area contributed by atoms with Crippen LogP contribution >= 0.6 is 0 Å². The Morgan fingerprint density at radius 2 is 2.06 bits per heavy atom. The molecule has 1 saturated carbocycles. The molecule has 1 fully saturated rings. The van der Waals surface area contributed by atoms with Gasteiger partial charge >= 0.3 is 0 Å². The van der Waals surface area contributed by atoms with E-state index in [9.17, 15) is 0 Å². The van der Waals surface area contributed by atoms with E-state index in [2.05, 4.69) is 24.5 Å². The van der Waals surface area contributed by atoms with Crippen LogP contribution in [0.5, 0.6) is 0 Å². The molecule has 0 radical (unpaired) electrons. The third-order valence-corrected chi connectivity index (χ3v) is 4.08. The average molecular weight is 217 g/mol. The van der Waals surface area contributed by atoms with Crippen LogP contribution in [0.1, 0.15) is 43.0 Å². The summed E-state index contributed by atoms with van der Waals surface area (Å²) in [7, 11) is 0. The smallest absolute Gasteiger partial charge is 0.122 e. The van der Waals surface area contributed by atoms with Gasteiger partial charge in [0.2, 0.25) is 0 Å². The van der Waals surface area contributed by atoms with Gasteiger partial charge in [0, 0.05) is 12.2 Å². The first-order valence-corrected chi connectivity index (χ1v) is 5.84. The van der Waals surface area contributed by atoms with Crippen LogP contribution in [0.4, 0.5) is 5.82 Å². The van der Waals surface area contributed by atoms with E-state index in [1.54, 1.807) is 0 Å². The van der Waals surface area contributed by atoms with Gasteiger partial charge in [0.15, 0.2) is 0 Å². The topological polar surface area (TPSA) is 54.7 Å². The highest BCUT2D eigenvalue weighted by Gasteiger charge is 2.33. The monoisotopic (exact) mass is 217 g/mol. The minimum atomic E-state index is 0.386. The summed E-state index contributed by atoms with van der Waals surface area (Å²) in [5.41, 5.74) is 9.25. The summed E-state index contributed by atoms with van der Waals surface area (Å²) in [4.78, 5) is 0. The number of aromatic nitrogens is 1. The quantitative estimate of drug-likeness (QED) is 0.828. The van der Waals surface area contributed by atoms with Gasteiger partial charge in [0.25, 0.3) is 0 Å². The lowest BCUT2D eigenvalue weighted by atomic mass is 9.70. The maximum Gasteiger partial charge on any atom is 0.122 e. The molecule has 0 bridgehead atoms. The molecule has 0 spiro atoms. The Bertz CT molecular complexity index is 459. The fourth-order valence-corrected chi connectivity index (χ4v) is 2.56. The van der Waals surface area contributed by atoms with E-state index in [0.29, 0.717) is 16.8 Å². The van der Waals surface area contributed by atoms with Crippen LogP contribution < -0.4 is 5.73 Å². The average Bonchev–Trinajstić information content (AvgIpc) is 2.40. The lowest BCUT2D eigenvalue weighted by Gasteiger charge is -2.39. The molecule has 2 N–H and O–H groups in total. The predicted molar refractivity (Wildman–Crippen MR) is 65.0 cm³/mol. The predicted octanol–water partition coefficient (Wildman–Crippen LogP) is 2.75. The van der Waals surface area contributed by atoms with E-state index in [1.165, 1.54) is 19.3 Å². The zero-order chi connectivity index (χ0) is 11.9. The van der Waals surface area contributed by atoms with Crippen molar-refractivity contribution in [2.45, 2.75) is 46.6 Å². The number of nitrogens with two attached hydrogens (primary N) is 1. The maximum atomic E-state index is 9.06. The third kappa shape index (κ3) is 1.49. The van der Waals surface area contributed by atoms with Crippen molar-refractivity contribution < 1.29 is 0 Å². The Labute approximate surface area is 96.9 Å². The fraction of sp³-hybridized carbons (Fsp3) is 0.615. The summed E-state index contributed by atoms with van der Waals surface area (Å²) in [6.07, 6.45) is 3.86. The SMILES string of the molecule is Cc1c(C#N)c(N)n(CC2(C)CCC2)c1C. The summed E-state index contributed by atoms with van der Waals surface area (Å²) >= 11 is 0. The molecule has 0 saturated heterocycles. The standard InChI is InChI=1S/C13H19N3/c1-9-10(2)16(12(15)11(9)7-14)8-13(3)5-4-6-13/h4-6,8,15H2,1-3H3. The van der Waals surface area contributed by atoms with E-state index in [1.807, 2.05) is 6.92 Å². The minimum Gasteiger partial charge on any atom is -0.384 e. The second-order valence-corrected chi connectivity index (χ2v) is 5.33. The van der Waals surface area contributed by atoms with Crippen LogP contribution in [0.3, 0.4) is 0 Å². The molecule has 0 amide bonds. The van der Waals surface area contributed by atoms with Gasteiger partial charge in [-0.05, 0) is 37.7 Å². The van der Waals surface area contributed by atoms with Crippen LogP contribution in [0.25, 0.3) is 0 Å². The molecule has 1 heterocycles. The Kier molecular flexibility index (Phi) is 2.46. The van der Waals surface area contributed by atoms with Crippen molar-refractivity contribution in [3.05, 3.63) is 16.8 Å². The van der Waals surface area contributed by atoms with Gasteiger partial charge in [-0.25, -0.2) is 0 Å². The first-order chi connectivity index (χ1) is 7.48. The number of hydrogen-bond donors (Lipinski definition) is 1. The maximum absolute atomic E-state index is 9.06. The number of anilines is 1. The van der Waals surface area contributed by atoms with Crippen LogP contribution in [-0.4, -0.2) is 4.57 Å². The molecular formula is C13H19N3. The highest BCUT2D eigenvalue weighted by Crippen LogP contribution is 2.43. The first kappa shape index (κ1) is 11.1. The van der Waals surface area contributed by atoms with E-state index >= 15 is 0 Å². The number of hydrogen-bond acceptors (Lipinski definition) is 2. The van der Waals surface area contributed by atoms with E-state index in [-0.39, 0.29) is 0 Å². The highest BCUT2D eigenvalue weighted by atomic mass is 15.1. The molecule has 0 atom stereocenters. The molecule has 1 aromatic heterocycles. The molecule has 0 unspecified atom stereocenters. The molecule has 1 aromatic rings. The summed E-state index contributed by atoms with van der Waals surface area (Å²) in [6.45, 7) is 7.28. The summed E-state index contributed by atoms with van der Waals surface area (Å²) in [5, 5.41) is 9.06. The van der Waals surface area contributed by atoms with Gasteiger partial charge in [-0.3, -0.25) is 0 Å². The number of nitrogens with zero attached hydrogens (tertiary/aromatic N) is 2. The lowest BCUT2D eigenvalue weighted by Crippen LogP contribution is -2.31. The van der Waals surface area contributed by atoms with Gasteiger partial charge < -0.3 is 10.3 Å². The third-order valence-electron chi connectivity index (χ3n) is 4.08. The van der Waals surface area contributed by atoms with Crippen LogP contribution in [0.15, 0.2) is 0 Å². The number of rotatable bonds is 2. The van der Waals surface area contributed by atoms with Crippen LogP contribution in [0, 0.1) is 30.6 Å². The molecule has 2 rings (SSSR count). The molecule has 3 nitrogen and oxygen atoms in total. The van der Waals surface area contributed by atoms with Gasteiger partial charge in [-0.1, -0.05) is 13.3 Å². The molecule has 0 aliphatic heterocycles. The van der Waals surface area contributed by atoms with Crippen molar-refractivity contribution in [1.29, 1.82) is 5.26 Å². The van der Waals surface area contributed by atoms with Crippen molar-refractivity contribution in [2.24, 2.45) is 5.41 Å². The van der Waals surface area contributed by atoms with E-state index in [0.717, 1.165) is 17.8 Å². The highest BCUT2D eigenvalue weighted by molar-refractivity contribution is 5.57. The summed E-state index contributed by atoms with van der Waals surface area (Å²) in [5.74, 6) is 0.644. The van der Waals surface area contributed by atoms with Crippen LogP contribution in [0.2, 0.25) is 0 Å². The van der Waals surface area contributed by atoms with Crippen molar-refractivity contribution >= 4 is 5.82 Å². The van der Waals surface area contributed by atoms with Gasteiger partial charge in [0.05, 0.1) is 5.56 Å². The van der Waals surface area contributed by atoms with Gasteiger partial charge in [0.1, 0.15) is 11.9 Å². The van der Waals surface area contributed by atoms with E-state index in [4.69, 9.17) is 11.0 Å². The van der Waals surface area contributed by atoms with Crippen molar-refractivity contribution in [3.63, 3.8) is 0 Å². The Morgan fingerprint density at radius 1 is 1.44 bits per heavy atom. The molecule has 1 aliphatic carbocycles. The van der Waals surface area contributed by atoms with Crippen molar-refractivity contribution in [1.82, 2.24) is 4.57 Å². The normalized spacial score (nSPS) is 17.9. The number of nitrogen functional groups attached to an aromatic ring is 1. The minimum absolute atomic E-state index is 0.386. The van der Waals surface area contributed by atoms with Gasteiger partial charge in [-0.15, -0.1) is 0 Å². The molecule has 86 valence electrons. The number of nitriles is 1. The first-order valence-electron chi connectivity index (χ1n) is 5.84. The molecular weight excluding hydrogens is 198 g/mol. The summed E-state index contributed by atoms with van der Waals surface area (Å²) < 4.78 is 2.12. The van der Waals surface area contributed by atoms with Crippen molar-refractivity contribution in [2.75, 3.05) is 5.73 Å². The molecule has 16 heavy (non-hydrogen) atoms. The van der Waals surface area contributed by atoms with Gasteiger partial charge in [-0.2, -0.15) is 5.26 Å². The second kappa shape index (κ2) is 3.55. The Morgan fingerprint density at radius 3 is 2.44 bits per heavy atom. The van der Waals surface area contributed by atoms with Crippen LogP contribution in [-0.2, 0) is 6.54 Å². The largest absolute Gasteiger partial charge is 0.384 e. The molecule has 3 heteroatoms. The molecule has 0 aromatic carbocycles. The fourth-order valence-electron chi connectivity index (χ4n) is 2.56.